The fourth-order valence-electron chi connectivity index (χ4n) is 1.78. The summed E-state index contributed by atoms with van der Waals surface area (Å²) >= 11 is 1.81. The summed E-state index contributed by atoms with van der Waals surface area (Å²) < 4.78 is 35.2. The van der Waals surface area contributed by atoms with Crippen LogP contribution in [0.5, 0.6) is 11.5 Å². The molecule has 0 saturated heterocycles. The second-order valence-electron chi connectivity index (χ2n) is 4.44. The van der Waals surface area contributed by atoms with Gasteiger partial charge in [0.15, 0.2) is 11.5 Å². The zero-order valence-electron chi connectivity index (χ0n) is 12.1. The number of nitro groups is 1. The summed E-state index contributed by atoms with van der Waals surface area (Å²) in [5, 5.41) is 10.6. The lowest BCUT2D eigenvalue weighted by Crippen LogP contribution is -2.11. The molecular formula is C14H10INO7S. The second-order valence-corrected chi connectivity index (χ2v) is 7.15. The van der Waals surface area contributed by atoms with Crippen LogP contribution in [0.4, 0.5) is 5.69 Å². The van der Waals surface area contributed by atoms with E-state index in [9.17, 15) is 23.3 Å². The molecule has 0 unspecified atom stereocenters. The first-order valence-corrected chi connectivity index (χ1v) is 8.79. The highest BCUT2D eigenvalue weighted by Gasteiger charge is 2.22. The van der Waals surface area contributed by atoms with Gasteiger partial charge in [0.25, 0.3) is 5.69 Å². The van der Waals surface area contributed by atoms with Crippen molar-refractivity contribution in [1.29, 1.82) is 0 Å². The average Bonchev–Trinajstić information content (AvgIpc) is 2.56. The largest absolute Gasteiger partial charge is 0.493 e. The number of rotatable bonds is 6. The molecule has 24 heavy (non-hydrogen) atoms. The monoisotopic (exact) mass is 463 g/mol. The fourth-order valence-corrected chi connectivity index (χ4v) is 3.62. The molecule has 0 heterocycles. The number of nitro benzene ring substituents is 1. The van der Waals surface area contributed by atoms with Gasteiger partial charge in [0.2, 0.25) is 0 Å². The molecule has 0 radical (unpaired) electrons. The Morgan fingerprint density at radius 1 is 1.21 bits per heavy atom. The van der Waals surface area contributed by atoms with Crippen molar-refractivity contribution in [3.05, 3.63) is 55.6 Å². The van der Waals surface area contributed by atoms with Crippen molar-refractivity contribution in [1.82, 2.24) is 0 Å². The van der Waals surface area contributed by atoms with Gasteiger partial charge >= 0.3 is 10.1 Å². The van der Waals surface area contributed by atoms with Crippen LogP contribution in [0.25, 0.3) is 0 Å². The first-order valence-electron chi connectivity index (χ1n) is 6.30. The summed E-state index contributed by atoms with van der Waals surface area (Å²) in [7, 11) is -2.92. The van der Waals surface area contributed by atoms with Crippen molar-refractivity contribution in [2.75, 3.05) is 7.11 Å². The number of carbonyl (C=O) groups excluding carboxylic acids is 1. The van der Waals surface area contributed by atoms with Gasteiger partial charge in [0, 0.05) is 17.7 Å². The number of carbonyl (C=O) groups is 1. The van der Waals surface area contributed by atoms with Gasteiger partial charge in [-0.25, -0.2) is 0 Å². The summed E-state index contributed by atoms with van der Waals surface area (Å²) in [4.78, 5) is 20.6. The lowest BCUT2D eigenvalue weighted by molar-refractivity contribution is -0.384. The first-order chi connectivity index (χ1) is 11.3. The van der Waals surface area contributed by atoms with Crippen molar-refractivity contribution in [3.63, 3.8) is 0 Å². The third kappa shape index (κ3) is 3.82. The van der Waals surface area contributed by atoms with Crippen molar-refractivity contribution in [2.45, 2.75) is 4.90 Å². The molecule has 0 aliphatic carbocycles. The Morgan fingerprint density at radius 3 is 2.33 bits per heavy atom. The van der Waals surface area contributed by atoms with E-state index in [1.54, 1.807) is 0 Å². The molecular weight excluding hydrogens is 453 g/mol. The van der Waals surface area contributed by atoms with Crippen LogP contribution in [0.3, 0.4) is 0 Å². The van der Waals surface area contributed by atoms with Crippen LogP contribution in [0.1, 0.15) is 10.4 Å². The van der Waals surface area contributed by atoms with Crippen molar-refractivity contribution < 1.29 is 27.1 Å². The van der Waals surface area contributed by atoms with E-state index >= 15 is 0 Å². The van der Waals surface area contributed by atoms with Gasteiger partial charge in [0.05, 0.1) is 15.6 Å². The average molecular weight is 463 g/mol. The van der Waals surface area contributed by atoms with Gasteiger partial charge < -0.3 is 8.92 Å². The molecule has 2 aromatic carbocycles. The lowest BCUT2D eigenvalue weighted by Gasteiger charge is -2.13. The van der Waals surface area contributed by atoms with Crippen LogP contribution in [0, 0.1) is 13.7 Å². The second kappa shape index (κ2) is 7.13. The highest BCUT2D eigenvalue weighted by Crippen LogP contribution is 2.35. The predicted molar refractivity (Wildman–Crippen MR) is 92.0 cm³/mol. The van der Waals surface area contributed by atoms with E-state index in [0.29, 0.717) is 15.4 Å². The van der Waals surface area contributed by atoms with Crippen LogP contribution in [-0.4, -0.2) is 26.7 Å². The van der Waals surface area contributed by atoms with Gasteiger partial charge in [0.1, 0.15) is 11.2 Å². The molecule has 0 aliphatic heterocycles. The zero-order valence-corrected chi connectivity index (χ0v) is 15.1. The molecule has 0 atom stereocenters. The minimum absolute atomic E-state index is 0.0675. The number of aldehydes is 1. The number of hydrogen-bond donors (Lipinski definition) is 0. The van der Waals surface area contributed by atoms with Gasteiger partial charge in [-0.15, -0.1) is 0 Å². The smallest absolute Gasteiger partial charge is 0.339 e. The summed E-state index contributed by atoms with van der Waals surface area (Å²) in [6.45, 7) is 0. The predicted octanol–water partition coefficient (Wildman–Crippen LogP) is 2.79. The minimum Gasteiger partial charge on any atom is -0.493 e. The SMILES string of the molecule is COc1cc(C=O)cc(I)c1OS(=O)(=O)c1ccc([N+](=O)[O-])cc1. The molecule has 2 aromatic rings. The molecule has 0 spiro atoms. The van der Waals surface area contributed by atoms with Crippen LogP contribution in [0.15, 0.2) is 41.3 Å². The molecule has 126 valence electrons. The van der Waals surface area contributed by atoms with Gasteiger partial charge in [-0.3, -0.25) is 14.9 Å². The van der Waals surface area contributed by atoms with Crippen LogP contribution >= 0.6 is 22.6 Å². The highest BCUT2D eigenvalue weighted by molar-refractivity contribution is 14.1. The van der Waals surface area contributed by atoms with E-state index in [0.717, 1.165) is 24.3 Å². The third-order valence-corrected chi connectivity index (χ3v) is 4.95. The van der Waals surface area contributed by atoms with Gasteiger partial charge in [-0.1, -0.05) is 0 Å². The molecule has 8 nitrogen and oxygen atoms in total. The Hall–Kier alpha value is -2.21. The van der Waals surface area contributed by atoms with E-state index in [1.807, 2.05) is 22.6 Å². The fraction of sp³-hybridized carbons (Fsp3) is 0.0714. The molecule has 2 rings (SSSR count). The van der Waals surface area contributed by atoms with Crippen molar-refractivity contribution in [3.8, 4) is 11.5 Å². The molecule has 0 aliphatic rings. The molecule has 10 heteroatoms. The van der Waals surface area contributed by atoms with Crippen molar-refractivity contribution in [2.24, 2.45) is 0 Å². The third-order valence-electron chi connectivity index (χ3n) is 2.92. The maximum Gasteiger partial charge on any atom is 0.339 e. The molecule has 0 bridgehead atoms. The molecule has 0 aromatic heterocycles. The Morgan fingerprint density at radius 2 is 1.83 bits per heavy atom. The highest BCUT2D eigenvalue weighted by atomic mass is 127. The summed E-state index contributed by atoms with van der Waals surface area (Å²) in [6.07, 6.45) is 0.597. The number of halogens is 1. The number of methoxy groups -OCH3 is 1. The summed E-state index contributed by atoms with van der Waals surface area (Å²) in [5.41, 5.74) is 0.0628. The number of benzene rings is 2. The number of ether oxygens (including phenoxy) is 1. The normalized spacial score (nSPS) is 10.9. The molecule has 0 N–H and O–H groups in total. The minimum atomic E-state index is -4.23. The van der Waals surface area contributed by atoms with Crippen molar-refractivity contribution >= 4 is 44.7 Å². The van der Waals surface area contributed by atoms with Gasteiger partial charge in [-0.05, 0) is 46.9 Å². The van der Waals surface area contributed by atoms with Crippen LogP contribution in [-0.2, 0) is 10.1 Å². The van der Waals surface area contributed by atoms with E-state index < -0.39 is 15.0 Å². The van der Waals surface area contributed by atoms with Crippen LogP contribution in [0.2, 0.25) is 0 Å². The van der Waals surface area contributed by atoms with E-state index in [4.69, 9.17) is 8.92 Å². The standard InChI is InChI=1S/C14H10INO7S/c1-22-13-7-9(8-17)6-12(15)14(13)23-24(20,21)11-4-2-10(3-5-11)16(18)19/h2-8H,1H3. The first kappa shape index (κ1) is 18.1. The lowest BCUT2D eigenvalue weighted by atomic mass is 10.2. The quantitative estimate of drug-likeness (QED) is 0.213. The topological polar surface area (TPSA) is 113 Å². The van der Waals surface area contributed by atoms with Gasteiger partial charge in [-0.2, -0.15) is 8.42 Å². The van der Waals surface area contributed by atoms with E-state index in [2.05, 4.69) is 0 Å². The zero-order chi connectivity index (χ0) is 17.9. The van der Waals surface area contributed by atoms with E-state index in [-0.39, 0.29) is 22.1 Å². The maximum atomic E-state index is 12.3. The Kier molecular flexibility index (Phi) is 5.39. The molecule has 0 fully saturated rings. The Bertz CT molecular complexity index is 894. The Labute approximate surface area is 150 Å². The maximum absolute atomic E-state index is 12.3. The summed E-state index contributed by atoms with van der Waals surface area (Å²) in [6, 6.07) is 7.06. The summed E-state index contributed by atoms with van der Waals surface area (Å²) in [5.74, 6) is 0.0107. The Balaban J connectivity index is 2.42. The van der Waals surface area contributed by atoms with Crippen LogP contribution < -0.4 is 8.92 Å². The number of non-ortho nitro benzene ring substituents is 1. The van der Waals surface area contributed by atoms with E-state index in [1.165, 1.54) is 19.2 Å². The molecule has 0 amide bonds. The number of nitrogens with zero attached hydrogens (tertiary/aromatic N) is 1. The number of hydrogen-bond acceptors (Lipinski definition) is 7. The molecule has 0 saturated carbocycles.